The van der Waals surface area contributed by atoms with Crippen molar-refractivity contribution in [2.24, 2.45) is 0 Å². The zero-order chi connectivity index (χ0) is 22.8. The smallest absolute Gasteiger partial charge is 0.335 e. The molecule has 3 rings (SSSR count). The van der Waals surface area contributed by atoms with Crippen LogP contribution in [0.5, 0.6) is 0 Å². The molecule has 0 saturated carbocycles. The van der Waals surface area contributed by atoms with Crippen LogP contribution in [-0.2, 0) is 31.8 Å². The van der Waals surface area contributed by atoms with E-state index in [-0.39, 0.29) is 15.4 Å². The second-order valence-electron chi connectivity index (χ2n) is 7.20. The average molecular weight is 459 g/mol. The van der Waals surface area contributed by atoms with Crippen molar-refractivity contribution < 1.29 is 26.7 Å². The Hall–Kier alpha value is -2.97. The van der Waals surface area contributed by atoms with Gasteiger partial charge in [-0.3, -0.25) is 0 Å². The zero-order valence-corrected chi connectivity index (χ0v) is 18.7. The molecule has 6 nitrogen and oxygen atoms in total. The summed E-state index contributed by atoms with van der Waals surface area (Å²) < 4.78 is 50.9. The van der Waals surface area contributed by atoms with Crippen LogP contribution < -0.4 is 0 Å². The Labute approximate surface area is 182 Å². The van der Waals surface area contributed by atoms with Gasteiger partial charge in [-0.2, -0.15) is 0 Å². The summed E-state index contributed by atoms with van der Waals surface area (Å²) in [6.07, 6.45) is 1.47. The van der Waals surface area contributed by atoms with Crippen molar-refractivity contribution in [3.05, 3.63) is 83.4 Å². The first-order valence-corrected chi connectivity index (χ1v) is 13.0. The number of aromatic carboxylic acids is 1. The van der Waals surface area contributed by atoms with Crippen LogP contribution in [0.3, 0.4) is 0 Å². The molecule has 0 radical (unpaired) electrons. The summed E-state index contributed by atoms with van der Waals surface area (Å²) in [5, 5.41) is 9.29. The molecular weight excluding hydrogens is 436 g/mol. The van der Waals surface area contributed by atoms with Gasteiger partial charge in [0.15, 0.2) is 19.7 Å². The largest absolute Gasteiger partial charge is 0.478 e. The topological polar surface area (TPSA) is 106 Å². The Morgan fingerprint density at radius 2 is 1.55 bits per heavy atom. The van der Waals surface area contributed by atoms with Crippen LogP contribution in [0.2, 0.25) is 0 Å². The SMILES string of the molecule is CCc1ccc(C(=O)O)cc1S(=O)(=O)Cc1cc(S(C)(=O)=O)ccc1-c1ccccc1. The number of benzene rings is 3. The minimum absolute atomic E-state index is 0.0207. The van der Waals surface area contributed by atoms with Crippen LogP contribution in [0.25, 0.3) is 11.1 Å². The molecule has 0 saturated heterocycles. The molecule has 3 aromatic rings. The van der Waals surface area contributed by atoms with Crippen molar-refractivity contribution in [3.63, 3.8) is 0 Å². The summed E-state index contributed by atoms with van der Waals surface area (Å²) in [6.45, 7) is 1.79. The third-order valence-electron chi connectivity index (χ3n) is 4.97. The van der Waals surface area contributed by atoms with Gasteiger partial charge in [-0.25, -0.2) is 21.6 Å². The normalized spacial score (nSPS) is 11.9. The molecule has 31 heavy (non-hydrogen) atoms. The number of rotatable bonds is 7. The van der Waals surface area contributed by atoms with Gasteiger partial charge < -0.3 is 5.11 Å². The first-order chi connectivity index (χ1) is 14.5. The van der Waals surface area contributed by atoms with Crippen molar-refractivity contribution in [3.8, 4) is 11.1 Å². The third-order valence-corrected chi connectivity index (χ3v) is 7.82. The van der Waals surface area contributed by atoms with Crippen LogP contribution in [0, 0.1) is 0 Å². The maximum absolute atomic E-state index is 13.4. The highest BCUT2D eigenvalue weighted by Gasteiger charge is 2.23. The maximum Gasteiger partial charge on any atom is 0.335 e. The van der Waals surface area contributed by atoms with E-state index in [1.165, 1.54) is 30.3 Å². The molecular formula is C23H22O6S2. The second-order valence-corrected chi connectivity index (χ2v) is 11.2. The molecule has 3 aromatic carbocycles. The summed E-state index contributed by atoms with van der Waals surface area (Å²) in [5.74, 6) is -1.68. The van der Waals surface area contributed by atoms with Crippen LogP contribution in [0.1, 0.15) is 28.4 Å². The van der Waals surface area contributed by atoms with Gasteiger partial charge in [-0.15, -0.1) is 0 Å². The quantitative estimate of drug-likeness (QED) is 0.574. The minimum Gasteiger partial charge on any atom is -0.478 e. The Morgan fingerprint density at radius 3 is 2.13 bits per heavy atom. The maximum atomic E-state index is 13.4. The van der Waals surface area contributed by atoms with E-state index in [1.54, 1.807) is 13.0 Å². The van der Waals surface area contributed by atoms with Crippen LogP contribution in [0.15, 0.2) is 76.5 Å². The predicted octanol–water partition coefficient (Wildman–Crippen LogP) is 3.99. The average Bonchev–Trinajstić information content (AvgIpc) is 2.73. The number of hydrogen-bond donors (Lipinski definition) is 1. The Bertz CT molecular complexity index is 1340. The summed E-state index contributed by atoms with van der Waals surface area (Å²) in [7, 11) is -7.51. The summed E-state index contributed by atoms with van der Waals surface area (Å²) in [6, 6.07) is 17.6. The van der Waals surface area contributed by atoms with Crippen molar-refractivity contribution in [1.82, 2.24) is 0 Å². The third kappa shape index (κ3) is 5.03. The van der Waals surface area contributed by atoms with E-state index < -0.39 is 31.4 Å². The second kappa shape index (κ2) is 8.64. The molecule has 0 aliphatic rings. The fourth-order valence-electron chi connectivity index (χ4n) is 3.37. The lowest BCUT2D eigenvalue weighted by molar-refractivity contribution is 0.0696. The van der Waals surface area contributed by atoms with E-state index >= 15 is 0 Å². The van der Waals surface area contributed by atoms with Crippen molar-refractivity contribution >= 4 is 25.6 Å². The number of carbonyl (C=O) groups is 1. The fraction of sp³-hybridized carbons (Fsp3) is 0.174. The molecule has 0 atom stereocenters. The molecule has 162 valence electrons. The highest BCUT2D eigenvalue weighted by atomic mass is 32.2. The summed E-state index contributed by atoms with van der Waals surface area (Å²) >= 11 is 0. The molecule has 8 heteroatoms. The zero-order valence-electron chi connectivity index (χ0n) is 17.1. The lowest BCUT2D eigenvalue weighted by Gasteiger charge is -2.15. The molecule has 0 heterocycles. The highest BCUT2D eigenvalue weighted by molar-refractivity contribution is 7.91. The van der Waals surface area contributed by atoms with Crippen LogP contribution in [-0.4, -0.2) is 34.2 Å². The molecule has 0 aliphatic carbocycles. The van der Waals surface area contributed by atoms with E-state index in [2.05, 4.69) is 0 Å². The van der Waals surface area contributed by atoms with E-state index in [0.717, 1.165) is 11.8 Å². The van der Waals surface area contributed by atoms with E-state index in [0.29, 0.717) is 23.1 Å². The fourth-order valence-corrected chi connectivity index (χ4v) is 5.76. The number of hydrogen-bond acceptors (Lipinski definition) is 5. The van der Waals surface area contributed by atoms with Gasteiger partial charge in [0.2, 0.25) is 0 Å². The van der Waals surface area contributed by atoms with Gasteiger partial charge in [-0.1, -0.05) is 49.4 Å². The van der Waals surface area contributed by atoms with Crippen LogP contribution in [0.4, 0.5) is 0 Å². The Morgan fingerprint density at radius 1 is 0.871 bits per heavy atom. The lowest BCUT2D eigenvalue weighted by atomic mass is 10.0. The molecule has 0 amide bonds. The molecule has 0 aromatic heterocycles. The van der Waals surface area contributed by atoms with Gasteiger partial charge in [-0.05, 0) is 52.9 Å². The predicted molar refractivity (Wildman–Crippen MR) is 119 cm³/mol. The summed E-state index contributed by atoms with van der Waals surface area (Å²) in [5.41, 5.74) is 2.07. The van der Waals surface area contributed by atoms with Crippen molar-refractivity contribution in [2.45, 2.75) is 28.9 Å². The lowest BCUT2D eigenvalue weighted by Crippen LogP contribution is -2.11. The highest BCUT2D eigenvalue weighted by Crippen LogP contribution is 2.31. The molecule has 0 aliphatic heterocycles. The van der Waals surface area contributed by atoms with E-state index in [1.807, 2.05) is 30.3 Å². The molecule has 0 spiro atoms. The first kappa shape index (κ1) is 22.7. The number of carboxylic acid groups (broad SMARTS) is 1. The Balaban J connectivity index is 2.19. The van der Waals surface area contributed by atoms with Gasteiger partial charge in [0.1, 0.15) is 0 Å². The minimum atomic E-state index is -3.96. The van der Waals surface area contributed by atoms with Crippen LogP contribution >= 0.6 is 0 Å². The number of aryl methyl sites for hydroxylation is 1. The number of carboxylic acids is 1. The molecule has 0 unspecified atom stereocenters. The van der Waals surface area contributed by atoms with Gasteiger partial charge >= 0.3 is 5.97 Å². The van der Waals surface area contributed by atoms with Crippen molar-refractivity contribution in [1.29, 1.82) is 0 Å². The molecule has 1 N–H and O–H groups in total. The summed E-state index contributed by atoms with van der Waals surface area (Å²) in [4.78, 5) is 11.3. The van der Waals surface area contributed by atoms with Gasteiger partial charge in [0, 0.05) is 6.26 Å². The number of sulfone groups is 2. The first-order valence-electron chi connectivity index (χ1n) is 9.50. The van der Waals surface area contributed by atoms with Crippen molar-refractivity contribution in [2.75, 3.05) is 6.26 Å². The van der Waals surface area contributed by atoms with Gasteiger partial charge in [0.05, 0.1) is 21.1 Å². The Kier molecular flexibility index (Phi) is 6.33. The molecule has 0 fully saturated rings. The van der Waals surface area contributed by atoms with E-state index in [9.17, 15) is 26.7 Å². The van der Waals surface area contributed by atoms with Gasteiger partial charge in [0.25, 0.3) is 0 Å². The standard InChI is InChI=1S/C23H22O6S2/c1-3-16-9-10-18(23(24)25)14-22(16)31(28,29)15-19-13-20(30(2,26)27)11-12-21(19)17-7-5-4-6-8-17/h4-14H,3,15H2,1-2H3,(H,24,25). The molecule has 0 bridgehead atoms. The van der Waals surface area contributed by atoms with E-state index in [4.69, 9.17) is 0 Å². The monoisotopic (exact) mass is 458 g/mol.